The van der Waals surface area contributed by atoms with Gasteiger partial charge in [0.25, 0.3) is 0 Å². The van der Waals surface area contributed by atoms with Crippen molar-refractivity contribution >= 4 is 34.5 Å². The molecule has 0 aliphatic rings. The van der Waals surface area contributed by atoms with Crippen molar-refractivity contribution in [3.05, 3.63) is 89.7 Å². The summed E-state index contributed by atoms with van der Waals surface area (Å²) in [7, 11) is 0. The normalized spacial score (nSPS) is 12.0. The molecule has 0 aliphatic heterocycles. The Morgan fingerprint density at radius 2 is 1.88 bits per heavy atom. The highest BCUT2D eigenvalue weighted by molar-refractivity contribution is 6.11. The van der Waals surface area contributed by atoms with E-state index >= 15 is 0 Å². The Morgan fingerprint density at radius 1 is 1.12 bits per heavy atom. The minimum atomic E-state index is 0.340. The maximum absolute atomic E-state index is 8.34. The van der Waals surface area contributed by atoms with Crippen molar-refractivity contribution in [2.45, 2.75) is 6.92 Å². The van der Waals surface area contributed by atoms with E-state index in [4.69, 9.17) is 15.6 Å². The molecule has 0 bridgehead atoms. The molecule has 3 rings (SSSR count). The molecule has 25 heavy (non-hydrogen) atoms. The van der Waals surface area contributed by atoms with E-state index in [1.165, 1.54) is 0 Å². The first-order valence-corrected chi connectivity index (χ1v) is 8.07. The van der Waals surface area contributed by atoms with Gasteiger partial charge < -0.3 is 15.6 Å². The first-order chi connectivity index (χ1) is 12.1. The van der Waals surface area contributed by atoms with Gasteiger partial charge in [-0.1, -0.05) is 55.1 Å². The molecule has 0 fully saturated rings. The van der Waals surface area contributed by atoms with Gasteiger partial charge in [0.05, 0.1) is 5.71 Å². The zero-order valence-corrected chi connectivity index (χ0v) is 14.1. The van der Waals surface area contributed by atoms with Gasteiger partial charge in [-0.05, 0) is 36.8 Å². The number of rotatable bonds is 5. The molecule has 0 aliphatic carbocycles. The van der Waals surface area contributed by atoms with E-state index in [9.17, 15) is 0 Å². The Bertz CT molecular complexity index is 992. The molecule has 1 aromatic heterocycles. The van der Waals surface area contributed by atoms with Crippen molar-refractivity contribution in [2.75, 3.05) is 0 Å². The van der Waals surface area contributed by atoms with Gasteiger partial charge in [0.2, 0.25) is 0 Å². The van der Waals surface area contributed by atoms with Gasteiger partial charge in [0, 0.05) is 22.2 Å². The second-order valence-corrected chi connectivity index (χ2v) is 5.67. The van der Waals surface area contributed by atoms with Crippen LogP contribution in [0.15, 0.2) is 71.7 Å². The van der Waals surface area contributed by atoms with Crippen molar-refractivity contribution in [3.8, 4) is 0 Å². The summed E-state index contributed by atoms with van der Waals surface area (Å²) < 4.78 is 5.86. The van der Waals surface area contributed by atoms with Crippen LogP contribution >= 0.6 is 0 Å². The lowest BCUT2D eigenvalue weighted by Gasteiger charge is -2.03. The minimum absolute atomic E-state index is 0.340. The van der Waals surface area contributed by atoms with Crippen molar-refractivity contribution in [1.29, 1.82) is 5.41 Å². The Hall–Kier alpha value is -3.33. The summed E-state index contributed by atoms with van der Waals surface area (Å²) >= 11 is 0. The maximum atomic E-state index is 8.34. The highest BCUT2D eigenvalue weighted by Gasteiger charge is 2.11. The van der Waals surface area contributed by atoms with Gasteiger partial charge in [-0.2, -0.15) is 0 Å². The van der Waals surface area contributed by atoms with Crippen molar-refractivity contribution < 1.29 is 4.42 Å². The fourth-order valence-corrected chi connectivity index (χ4v) is 2.75. The molecule has 3 nitrogen and oxygen atoms in total. The summed E-state index contributed by atoms with van der Waals surface area (Å²) in [6.07, 6.45) is 7.34. The second-order valence-electron chi connectivity index (χ2n) is 5.67. The Labute approximate surface area is 147 Å². The largest absolute Gasteiger partial charge is 0.456 e. The SMILES string of the molecule is C=Cc1oc2cc(C(=N)/C=C(\N)c3ccccc3)ccc2c1/C=C\C. The van der Waals surface area contributed by atoms with Gasteiger partial charge in [-0.15, -0.1) is 0 Å². The highest BCUT2D eigenvalue weighted by atomic mass is 16.3. The third-order valence-corrected chi connectivity index (χ3v) is 3.99. The van der Waals surface area contributed by atoms with Crippen LogP contribution in [0.3, 0.4) is 0 Å². The number of allylic oxidation sites excluding steroid dienone is 2. The molecule has 124 valence electrons. The van der Waals surface area contributed by atoms with Crippen molar-refractivity contribution in [3.63, 3.8) is 0 Å². The molecule has 0 unspecified atom stereocenters. The van der Waals surface area contributed by atoms with E-state index in [-0.39, 0.29) is 0 Å². The monoisotopic (exact) mass is 328 g/mol. The second kappa shape index (κ2) is 7.05. The van der Waals surface area contributed by atoms with Crippen LogP contribution in [-0.4, -0.2) is 5.71 Å². The predicted molar refractivity (Wildman–Crippen MR) is 106 cm³/mol. The van der Waals surface area contributed by atoms with E-state index < -0.39 is 0 Å². The molecular weight excluding hydrogens is 308 g/mol. The predicted octanol–water partition coefficient (Wildman–Crippen LogP) is 5.48. The fourth-order valence-electron chi connectivity index (χ4n) is 2.75. The summed E-state index contributed by atoms with van der Waals surface area (Å²) in [5.41, 5.74) is 10.4. The lowest BCUT2D eigenvalue weighted by Crippen LogP contribution is -2.02. The number of benzene rings is 2. The molecular formula is C22H20N2O. The molecule has 3 heteroatoms. The summed E-state index contributed by atoms with van der Waals surface area (Å²) in [4.78, 5) is 0. The minimum Gasteiger partial charge on any atom is -0.456 e. The highest BCUT2D eigenvalue weighted by Crippen LogP contribution is 2.29. The maximum Gasteiger partial charge on any atom is 0.136 e. The lowest BCUT2D eigenvalue weighted by molar-refractivity contribution is 0.603. The van der Waals surface area contributed by atoms with Gasteiger partial charge in [-0.3, -0.25) is 0 Å². The first kappa shape index (κ1) is 16.5. The molecule has 1 heterocycles. The molecule has 3 N–H and O–H groups in total. The summed E-state index contributed by atoms with van der Waals surface area (Å²) in [6, 6.07) is 15.4. The van der Waals surface area contributed by atoms with Crippen LogP contribution in [-0.2, 0) is 0 Å². The number of furan rings is 1. The van der Waals surface area contributed by atoms with Gasteiger partial charge >= 0.3 is 0 Å². The summed E-state index contributed by atoms with van der Waals surface area (Å²) in [5.74, 6) is 0.733. The van der Waals surface area contributed by atoms with Crippen LogP contribution in [0.4, 0.5) is 0 Å². The van der Waals surface area contributed by atoms with E-state index in [1.807, 2.05) is 67.6 Å². The molecule has 2 aromatic carbocycles. The van der Waals surface area contributed by atoms with Crippen LogP contribution < -0.4 is 5.73 Å². The molecule has 0 amide bonds. The van der Waals surface area contributed by atoms with Crippen molar-refractivity contribution in [1.82, 2.24) is 0 Å². The van der Waals surface area contributed by atoms with Gasteiger partial charge in [0.1, 0.15) is 11.3 Å². The van der Waals surface area contributed by atoms with E-state index in [0.29, 0.717) is 11.4 Å². The van der Waals surface area contributed by atoms with E-state index in [2.05, 4.69) is 6.58 Å². The van der Waals surface area contributed by atoms with Crippen LogP contribution in [0.5, 0.6) is 0 Å². The van der Waals surface area contributed by atoms with Crippen molar-refractivity contribution in [2.24, 2.45) is 5.73 Å². The van der Waals surface area contributed by atoms with E-state index in [1.54, 1.807) is 12.2 Å². The molecule has 3 aromatic rings. The zero-order chi connectivity index (χ0) is 17.8. The summed E-state index contributed by atoms with van der Waals surface area (Å²) in [6.45, 7) is 5.77. The average molecular weight is 328 g/mol. The standard InChI is InChI=1S/C22H20N2O/c1-3-8-17-18-12-11-16(13-22(18)25-21(17)4-2)20(24)14-19(23)15-9-6-5-7-10-15/h3-14,24H,2,23H2,1H3/b8-3-,19-14-,24-20?. The van der Waals surface area contributed by atoms with E-state index in [0.717, 1.165) is 33.4 Å². The molecule has 0 saturated carbocycles. The molecule has 0 atom stereocenters. The number of nitrogens with one attached hydrogen (secondary N) is 1. The van der Waals surface area contributed by atoms with Gasteiger partial charge in [0.15, 0.2) is 0 Å². The Kier molecular flexibility index (Phi) is 4.66. The first-order valence-electron chi connectivity index (χ1n) is 8.07. The van der Waals surface area contributed by atoms with Crippen LogP contribution in [0.1, 0.15) is 29.4 Å². The number of hydrogen-bond acceptors (Lipinski definition) is 3. The van der Waals surface area contributed by atoms with Gasteiger partial charge in [-0.25, -0.2) is 0 Å². The quantitative estimate of drug-likeness (QED) is 0.609. The third-order valence-electron chi connectivity index (χ3n) is 3.99. The Morgan fingerprint density at radius 3 is 2.56 bits per heavy atom. The molecule has 0 saturated heterocycles. The summed E-state index contributed by atoms with van der Waals surface area (Å²) in [5, 5.41) is 9.34. The van der Waals surface area contributed by atoms with Crippen LogP contribution in [0.25, 0.3) is 28.8 Å². The lowest BCUT2D eigenvalue weighted by atomic mass is 10.0. The molecule has 0 spiro atoms. The fraction of sp³-hybridized carbons (Fsp3) is 0.0455. The number of nitrogens with two attached hydrogens (primary N) is 1. The molecule has 0 radical (unpaired) electrons. The van der Waals surface area contributed by atoms with Crippen LogP contribution in [0.2, 0.25) is 0 Å². The average Bonchev–Trinajstić information content (AvgIpc) is 2.99. The Balaban J connectivity index is 1.99. The third kappa shape index (κ3) is 3.31. The zero-order valence-electron chi connectivity index (χ0n) is 14.1. The smallest absolute Gasteiger partial charge is 0.136 e. The topological polar surface area (TPSA) is 63.0 Å². The number of fused-ring (bicyclic) bond motifs is 1. The van der Waals surface area contributed by atoms with Crippen LogP contribution in [0, 0.1) is 5.41 Å². The number of hydrogen-bond donors (Lipinski definition) is 2.